The molecule has 1 rings (SSSR count). The number of hydrogen-bond donors (Lipinski definition) is 0. The Morgan fingerprint density at radius 2 is 2.18 bits per heavy atom. The SMILES string of the molecule is CCOCCN(C)CC(=O)c1cc(C)sc1C. The maximum absolute atomic E-state index is 12.0. The number of thiophene rings is 1. The van der Waals surface area contributed by atoms with Gasteiger partial charge in [0.2, 0.25) is 0 Å². The van der Waals surface area contributed by atoms with Crippen molar-refractivity contribution in [1.29, 1.82) is 0 Å². The van der Waals surface area contributed by atoms with E-state index >= 15 is 0 Å². The van der Waals surface area contributed by atoms with Crippen LogP contribution >= 0.6 is 11.3 Å². The van der Waals surface area contributed by atoms with E-state index in [9.17, 15) is 4.79 Å². The molecule has 0 atom stereocenters. The van der Waals surface area contributed by atoms with Gasteiger partial charge in [0.05, 0.1) is 13.2 Å². The minimum absolute atomic E-state index is 0.200. The lowest BCUT2D eigenvalue weighted by Crippen LogP contribution is -2.29. The van der Waals surface area contributed by atoms with Crippen molar-refractivity contribution >= 4 is 17.1 Å². The molecule has 0 amide bonds. The van der Waals surface area contributed by atoms with Gasteiger partial charge in [-0.2, -0.15) is 0 Å². The number of nitrogens with zero attached hydrogens (tertiary/aromatic N) is 1. The monoisotopic (exact) mass is 255 g/mol. The van der Waals surface area contributed by atoms with Gasteiger partial charge in [0, 0.05) is 28.5 Å². The van der Waals surface area contributed by atoms with Gasteiger partial charge in [-0.25, -0.2) is 0 Å². The number of carbonyl (C=O) groups is 1. The van der Waals surface area contributed by atoms with Crippen molar-refractivity contribution < 1.29 is 9.53 Å². The first-order valence-corrected chi connectivity index (χ1v) is 6.72. The van der Waals surface area contributed by atoms with Gasteiger partial charge in [0.25, 0.3) is 0 Å². The van der Waals surface area contributed by atoms with E-state index in [1.165, 1.54) is 4.88 Å². The number of likely N-dealkylation sites (N-methyl/N-ethyl adjacent to an activating group) is 1. The van der Waals surface area contributed by atoms with Crippen LogP contribution in [0.4, 0.5) is 0 Å². The van der Waals surface area contributed by atoms with Crippen LogP contribution in [0, 0.1) is 13.8 Å². The molecular weight excluding hydrogens is 234 g/mol. The fourth-order valence-electron chi connectivity index (χ4n) is 1.68. The molecule has 1 heterocycles. The number of hydrogen-bond acceptors (Lipinski definition) is 4. The molecule has 0 saturated carbocycles. The zero-order valence-corrected chi connectivity index (χ0v) is 11.9. The van der Waals surface area contributed by atoms with Gasteiger partial charge in [0.15, 0.2) is 5.78 Å². The van der Waals surface area contributed by atoms with Crippen molar-refractivity contribution in [3.63, 3.8) is 0 Å². The van der Waals surface area contributed by atoms with Crippen LogP contribution in [0.1, 0.15) is 27.0 Å². The first kappa shape index (κ1) is 14.4. The van der Waals surface area contributed by atoms with Gasteiger partial charge < -0.3 is 4.74 Å². The second-order valence-corrected chi connectivity index (χ2v) is 5.65. The lowest BCUT2D eigenvalue weighted by Gasteiger charge is -2.15. The van der Waals surface area contributed by atoms with Crippen molar-refractivity contribution in [1.82, 2.24) is 4.90 Å². The second-order valence-electron chi connectivity index (χ2n) is 4.18. The fourth-order valence-corrected chi connectivity index (χ4v) is 2.62. The van der Waals surface area contributed by atoms with Crippen LogP contribution in [0.25, 0.3) is 0 Å². The number of ether oxygens (including phenoxy) is 1. The molecule has 0 aliphatic heterocycles. The highest BCUT2D eigenvalue weighted by Crippen LogP contribution is 2.21. The third-order valence-corrected chi connectivity index (χ3v) is 3.54. The van der Waals surface area contributed by atoms with Gasteiger partial charge in [-0.15, -0.1) is 11.3 Å². The Labute approximate surface area is 107 Å². The Morgan fingerprint density at radius 3 is 2.71 bits per heavy atom. The van der Waals surface area contributed by atoms with E-state index in [1.54, 1.807) is 11.3 Å². The summed E-state index contributed by atoms with van der Waals surface area (Å²) in [6, 6.07) is 1.98. The zero-order chi connectivity index (χ0) is 12.8. The number of ketones is 1. The van der Waals surface area contributed by atoms with Gasteiger partial charge >= 0.3 is 0 Å². The van der Waals surface area contributed by atoms with E-state index in [2.05, 4.69) is 0 Å². The average molecular weight is 255 g/mol. The Morgan fingerprint density at radius 1 is 1.47 bits per heavy atom. The smallest absolute Gasteiger partial charge is 0.177 e. The molecule has 0 aliphatic carbocycles. The van der Waals surface area contributed by atoms with Crippen LogP contribution in [0.3, 0.4) is 0 Å². The molecule has 17 heavy (non-hydrogen) atoms. The quantitative estimate of drug-likeness (QED) is 0.554. The fraction of sp³-hybridized carbons (Fsp3) is 0.615. The van der Waals surface area contributed by atoms with E-state index < -0.39 is 0 Å². The Hall–Kier alpha value is -0.710. The van der Waals surface area contributed by atoms with Crippen LogP contribution in [-0.2, 0) is 4.74 Å². The summed E-state index contributed by atoms with van der Waals surface area (Å²) in [6.07, 6.45) is 0. The third kappa shape index (κ3) is 4.58. The summed E-state index contributed by atoms with van der Waals surface area (Å²) in [6.45, 7) is 8.68. The predicted octanol–water partition coefficient (Wildman–Crippen LogP) is 2.52. The number of carbonyl (C=O) groups excluding carboxylic acids is 1. The van der Waals surface area contributed by atoms with Crippen molar-refractivity contribution in [3.05, 3.63) is 21.4 Å². The van der Waals surface area contributed by atoms with E-state index in [-0.39, 0.29) is 5.78 Å². The van der Waals surface area contributed by atoms with E-state index in [0.29, 0.717) is 13.2 Å². The normalized spacial score (nSPS) is 11.1. The van der Waals surface area contributed by atoms with Crippen molar-refractivity contribution in [2.75, 3.05) is 33.4 Å². The molecule has 0 spiro atoms. The minimum Gasteiger partial charge on any atom is -0.380 e. The molecule has 0 radical (unpaired) electrons. The number of aryl methyl sites for hydroxylation is 2. The highest BCUT2D eigenvalue weighted by atomic mass is 32.1. The van der Waals surface area contributed by atoms with Crippen molar-refractivity contribution in [3.8, 4) is 0 Å². The number of Topliss-reactive ketones (excluding diaryl/α,β-unsaturated/α-hetero) is 1. The molecule has 0 fully saturated rings. The van der Waals surface area contributed by atoms with Crippen LogP contribution in [0.5, 0.6) is 0 Å². The molecule has 0 aromatic carbocycles. The molecule has 1 aromatic heterocycles. The summed E-state index contributed by atoms with van der Waals surface area (Å²) in [4.78, 5) is 16.4. The molecule has 96 valence electrons. The first-order chi connectivity index (χ1) is 8.04. The topological polar surface area (TPSA) is 29.5 Å². The lowest BCUT2D eigenvalue weighted by atomic mass is 10.1. The van der Waals surface area contributed by atoms with Gasteiger partial charge in [-0.3, -0.25) is 9.69 Å². The van der Waals surface area contributed by atoms with E-state index in [0.717, 1.165) is 23.6 Å². The molecular formula is C13H21NO2S. The van der Waals surface area contributed by atoms with Crippen LogP contribution in [-0.4, -0.2) is 44.0 Å². The maximum atomic E-state index is 12.0. The van der Waals surface area contributed by atoms with E-state index in [4.69, 9.17) is 4.74 Å². The summed E-state index contributed by atoms with van der Waals surface area (Å²) in [5.74, 6) is 0.200. The molecule has 0 bridgehead atoms. The first-order valence-electron chi connectivity index (χ1n) is 5.91. The second kappa shape index (κ2) is 6.89. The van der Waals surface area contributed by atoms with Crippen molar-refractivity contribution in [2.45, 2.75) is 20.8 Å². The highest BCUT2D eigenvalue weighted by molar-refractivity contribution is 7.12. The summed E-state index contributed by atoms with van der Waals surface area (Å²) < 4.78 is 5.27. The molecule has 0 N–H and O–H groups in total. The van der Waals surface area contributed by atoms with Crippen LogP contribution in [0.2, 0.25) is 0 Å². The predicted molar refractivity (Wildman–Crippen MR) is 72.1 cm³/mol. The largest absolute Gasteiger partial charge is 0.380 e. The minimum atomic E-state index is 0.200. The van der Waals surface area contributed by atoms with Crippen molar-refractivity contribution in [2.24, 2.45) is 0 Å². The standard InChI is InChI=1S/C13H21NO2S/c1-5-16-7-6-14(4)9-13(15)12-8-10(2)17-11(12)3/h8H,5-7,9H2,1-4H3. The Balaban J connectivity index is 2.46. The summed E-state index contributed by atoms with van der Waals surface area (Å²) in [5, 5.41) is 0. The van der Waals surface area contributed by atoms with Gasteiger partial charge in [0.1, 0.15) is 0 Å². The maximum Gasteiger partial charge on any atom is 0.177 e. The van der Waals surface area contributed by atoms with Gasteiger partial charge in [-0.1, -0.05) is 0 Å². The Kier molecular flexibility index (Phi) is 5.82. The Bertz CT molecular complexity index is 373. The zero-order valence-electron chi connectivity index (χ0n) is 11.1. The number of rotatable bonds is 7. The van der Waals surface area contributed by atoms with E-state index in [1.807, 2.05) is 38.8 Å². The summed E-state index contributed by atoms with van der Waals surface area (Å²) in [7, 11) is 1.95. The molecule has 0 aliphatic rings. The lowest BCUT2D eigenvalue weighted by molar-refractivity contribution is 0.0896. The summed E-state index contributed by atoms with van der Waals surface area (Å²) >= 11 is 1.68. The molecule has 0 unspecified atom stereocenters. The molecule has 1 aromatic rings. The van der Waals surface area contributed by atoms with Crippen LogP contribution < -0.4 is 0 Å². The average Bonchev–Trinajstić information content (AvgIpc) is 2.58. The highest BCUT2D eigenvalue weighted by Gasteiger charge is 2.13. The molecule has 4 heteroatoms. The molecule has 0 saturated heterocycles. The third-order valence-electron chi connectivity index (χ3n) is 2.58. The van der Waals surface area contributed by atoms with Crippen LogP contribution in [0.15, 0.2) is 6.07 Å². The summed E-state index contributed by atoms with van der Waals surface area (Å²) in [5.41, 5.74) is 0.871. The van der Waals surface area contributed by atoms with Gasteiger partial charge in [-0.05, 0) is 33.9 Å². The molecule has 3 nitrogen and oxygen atoms in total.